The first kappa shape index (κ1) is 16.0. The number of halogens is 1. The van der Waals surface area contributed by atoms with Crippen LogP contribution < -0.4 is 0 Å². The van der Waals surface area contributed by atoms with Gasteiger partial charge in [-0.3, -0.25) is 4.79 Å². The molecular weight excluding hydrogens is 303 g/mol. The second-order valence-electron chi connectivity index (χ2n) is 5.75. The van der Waals surface area contributed by atoms with E-state index in [-0.39, 0.29) is 11.7 Å². The molecule has 0 aliphatic rings. The predicted molar refractivity (Wildman–Crippen MR) is 94.3 cm³/mol. The first-order valence-corrected chi connectivity index (χ1v) is 7.79. The van der Waals surface area contributed by atoms with Gasteiger partial charge in [0.1, 0.15) is 11.5 Å². The molecule has 0 unspecified atom stereocenters. The smallest absolute Gasteiger partial charge is 0.271 e. The maximum Gasteiger partial charge on any atom is 0.271 e. The van der Waals surface area contributed by atoms with Crippen molar-refractivity contribution in [1.29, 1.82) is 0 Å². The summed E-state index contributed by atoms with van der Waals surface area (Å²) in [6.45, 7) is 4.69. The fourth-order valence-corrected chi connectivity index (χ4v) is 2.85. The Hall–Kier alpha value is -2.88. The summed E-state index contributed by atoms with van der Waals surface area (Å²) in [6.07, 6.45) is 1.71. The van der Waals surface area contributed by atoms with E-state index in [1.54, 1.807) is 34.7 Å². The van der Waals surface area contributed by atoms with Gasteiger partial charge in [-0.05, 0) is 29.8 Å². The Morgan fingerprint density at radius 3 is 2.67 bits per heavy atom. The van der Waals surface area contributed by atoms with Crippen molar-refractivity contribution in [3.05, 3.63) is 84.3 Å². The van der Waals surface area contributed by atoms with Crippen molar-refractivity contribution in [2.45, 2.75) is 6.54 Å². The van der Waals surface area contributed by atoms with Crippen LogP contribution in [-0.2, 0) is 13.6 Å². The van der Waals surface area contributed by atoms with E-state index in [1.165, 1.54) is 12.1 Å². The van der Waals surface area contributed by atoms with Crippen LogP contribution in [0.15, 0.2) is 67.3 Å². The number of benzene rings is 2. The summed E-state index contributed by atoms with van der Waals surface area (Å²) in [5.41, 5.74) is 2.29. The number of aromatic nitrogens is 1. The molecule has 0 saturated heterocycles. The molecule has 2 aromatic carbocycles. The van der Waals surface area contributed by atoms with Gasteiger partial charge in [0, 0.05) is 25.5 Å². The second kappa shape index (κ2) is 6.71. The molecule has 0 atom stereocenters. The normalized spacial score (nSPS) is 10.8. The molecule has 122 valence electrons. The van der Waals surface area contributed by atoms with E-state index in [4.69, 9.17) is 0 Å². The highest BCUT2D eigenvalue weighted by Gasteiger charge is 2.19. The summed E-state index contributed by atoms with van der Waals surface area (Å²) in [6, 6.07) is 16.2. The Morgan fingerprint density at radius 1 is 1.21 bits per heavy atom. The van der Waals surface area contributed by atoms with E-state index >= 15 is 0 Å². The molecule has 24 heavy (non-hydrogen) atoms. The summed E-state index contributed by atoms with van der Waals surface area (Å²) in [5.74, 6) is -0.409. The summed E-state index contributed by atoms with van der Waals surface area (Å²) >= 11 is 0. The van der Waals surface area contributed by atoms with Crippen molar-refractivity contribution in [3.63, 3.8) is 0 Å². The molecule has 0 radical (unpaired) electrons. The highest BCUT2D eigenvalue weighted by atomic mass is 19.1. The molecule has 1 amide bonds. The molecule has 1 heterocycles. The minimum atomic E-state index is -0.310. The van der Waals surface area contributed by atoms with Gasteiger partial charge in [-0.15, -0.1) is 6.58 Å². The number of nitrogens with zero attached hydrogens (tertiary/aromatic N) is 2. The summed E-state index contributed by atoms with van der Waals surface area (Å²) < 4.78 is 15.2. The van der Waals surface area contributed by atoms with Gasteiger partial charge in [0.2, 0.25) is 0 Å². The van der Waals surface area contributed by atoms with Gasteiger partial charge < -0.3 is 9.47 Å². The monoisotopic (exact) mass is 322 g/mol. The maximum absolute atomic E-state index is 13.5. The standard InChI is InChI=1S/C20H19FN2O/c1-3-11-23(14-15-7-5-4-6-8-15)20(24)19-12-16-9-10-17(21)13-18(16)22(19)2/h3-10,12-13H,1,11,14H2,2H3. The number of carbonyl (C=O) groups excluding carboxylic acids is 1. The lowest BCUT2D eigenvalue weighted by Crippen LogP contribution is -2.32. The van der Waals surface area contributed by atoms with Gasteiger partial charge in [0.05, 0.1) is 5.52 Å². The average Bonchev–Trinajstić information content (AvgIpc) is 2.91. The molecule has 1 aromatic heterocycles. The molecule has 4 heteroatoms. The molecular formula is C20H19FN2O. The third-order valence-corrected chi connectivity index (χ3v) is 4.08. The van der Waals surface area contributed by atoms with E-state index in [2.05, 4.69) is 6.58 Å². The lowest BCUT2D eigenvalue weighted by atomic mass is 10.2. The predicted octanol–water partition coefficient (Wildman–Crippen LogP) is 4.15. The Morgan fingerprint density at radius 2 is 1.96 bits per heavy atom. The highest BCUT2D eigenvalue weighted by Crippen LogP contribution is 2.21. The minimum Gasteiger partial charge on any atom is -0.340 e. The number of rotatable bonds is 5. The summed E-state index contributed by atoms with van der Waals surface area (Å²) in [7, 11) is 1.78. The molecule has 0 saturated carbocycles. The molecule has 0 fully saturated rings. The van der Waals surface area contributed by atoms with Crippen LogP contribution in [-0.4, -0.2) is 21.9 Å². The van der Waals surface area contributed by atoms with Crippen molar-refractivity contribution in [2.75, 3.05) is 6.54 Å². The minimum absolute atomic E-state index is 0.0992. The van der Waals surface area contributed by atoms with Gasteiger partial charge in [-0.25, -0.2) is 4.39 Å². The Bertz CT molecular complexity index is 883. The largest absolute Gasteiger partial charge is 0.340 e. The Kier molecular flexibility index (Phi) is 4.47. The van der Waals surface area contributed by atoms with Gasteiger partial charge >= 0.3 is 0 Å². The number of hydrogen-bond donors (Lipinski definition) is 0. The van der Waals surface area contributed by atoms with E-state index in [0.29, 0.717) is 24.3 Å². The van der Waals surface area contributed by atoms with E-state index in [9.17, 15) is 9.18 Å². The van der Waals surface area contributed by atoms with E-state index < -0.39 is 0 Å². The summed E-state index contributed by atoms with van der Waals surface area (Å²) in [4.78, 5) is 14.7. The molecule has 0 aliphatic carbocycles. The van der Waals surface area contributed by atoms with E-state index in [1.807, 2.05) is 30.3 Å². The van der Waals surface area contributed by atoms with Crippen LogP contribution in [0, 0.1) is 5.82 Å². The Balaban J connectivity index is 1.95. The van der Waals surface area contributed by atoms with Crippen LogP contribution in [0.25, 0.3) is 10.9 Å². The molecule has 0 aliphatic heterocycles. The zero-order valence-corrected chi connectivity index (χ0v) is 13.6. The van der Waals surface area contributed by atoms with Crippen LogP contribution >= 0.6 is 0 Å². The lowest BCUT2D eigenvalue weighted by Gasteiger charge is -2.21. The number of hydrogen-bond acceptors (Lipinski definition) is 1. The number of fused-ring (bicyclic) bond motifs is 1. The fraction of sp³-hybridized carbons (Fsp3) is 0.150. The van der Waals surface area contributed by atoms with Crippen LogP contribution in [0.2, 0.25) is 0 Å². The quantitative estimate of drug-likeness (QED) is 0.648. The lowest BCUT2D eigenvalue weighted by molar-refractivity contribution is 0.0753. The van der Waals surface area contributed by atoms with Crippen molar-refractivity contribution < 1.29 is 9.18 Å². The third-order valence-electron chi connectivity index (χ3n) is 4.08. The van der Waals surface area contributed by atoms with Crippen molar-refractivity contribution in [1.82, 2.24) is 9.47 Å². The van der Waals surface area contributed by atoms with Gasteiger partial charge in [0.25, 0.3) is 5.91 Å². The molecule has 0 bridgehead atoms. The number of carbonyl (C=O) groups is 1. The van der Waals surface area contributed by atoms with Crippen LogP contribution in [0.5, 0.6) is 0 Å². The van der Waals surface area contributed by atoms with Gasteiger partial charge in [-0.1, -0.05) is 36.4 Å². The van der Waals surface area contributed by atoms with Crippen molar-refractivity contribution >= 4 is 16.8 Å². The average molecular weight is 322 g/mol. The molecule has 0 spiro atoms. The first-order valence-electron chi connectivity index (χ1n) is 7.79. The molecule has 0 N–H and O–H groups in total. The topological polar surface area (TPSA) is 25.2 Å². The zero-order chi connectivity index (χ0) is 17.1. The fourth-order valence-electron chi connectivity index (χ4n) is 2.85. The summed E-state index contributed by atoms with van der Waals surface area (Å²) in [5, 5.41) is 0.848. The SMILES string of the molecule is C=CCN(Cc1ccccc1)C(=O)c1cc2ccc(F)cc2n1C. The molecule has 3 nitrogen and oxygen atoms in total. The Labute approximate surface area is 140 Å². The zero-order valence-electron chi connectivity index (χ0n) is 13.6. The number of aryl methyl sites for hydroxylation is 1. The van der Waals surface area contributed by atoms with Crippen molar-refractivity contribution in [2.24, 2.45) is 7.05 Å². The molecule has 3 rings (SSSR count). The van der Waals surface area contributed by atoms with Crippen molar-refractivity contribution in [3.8, 4) is 0 Å². The van der Waals surface area contributed by atoms with Crippen LogP contribution in [0.3, 0.4) is 0 Å². The highest BCUT2D eigenvalue weighted by molar-refractivity contribution is 5.98. The maximum atomic E-state index is 13.5. The first-order chi connectivity index (χ1) is 11.6. The second-order valence-corrected chi connectivity index (χ2v) is 5.75. The third kappa shape index (κ3) is 3.08. The molecule has 3 aromatic rings. The number of amides is 1. The van der Waals surface area contributed by atoms with Crippen LogP contribution in [0.4, 0.5) is 4.39 Å². The van der Waals surface area contributed by atoms with Crippen LogP contribution in [0.1, 0.15) is 16.1 Å². The van der Waals surface area contributed by atoms with Gasteiger partial charge in [0.15, 0.2) is 0 Å². The van der Waals surface area contributed by atoms with Gasteiger partial charge in [-0.2, -0.15) is 0 Å². The van der Waals surface area contributed by atoms with E-state index in [0.717, 1.165) is 10.9 Å².